The lowest BCUT2D eigenvalue weighted by molar-refractivity contribution is -0.123. The Hall–Kier alpha value is -0.370. The second-order valence-electron chi connectivity index (χ2n) is 3.59. The summed E-state index contributed by atoms with van der Waals surface area (Å²) in [6.45, 7) is 4.84. The number of ketones is 1. The molecule has 0 rings (SSSR count). The van der Waals surface area contributed by atoms with Crippen LogP contribution in [0.4, 0.5) is 0 Å². The smallest absolute Gasteiger partial charge is 0.135 e. The van der Waals surface area contributed by atoms with E-state index in [1.54, 1.807) is 0 Å². The number of hydrogen-bond donors (Lipinski definition) is 1. The standard InChI is InChI=1S/C11H23NO/c1-3-7-10(11(13)4-2)8-5-6-9-12/h10H,3-9,12H2,1-2H3. The Labute approximate surface area is 81.9 Å². The molecule has 0 aliphatic heterocycles. The fraction of sp³-hybridized carbons (Fsp3) is 0.909. The lowest BCUT2D eigenvalue weighted by Crippen LogP contribution is -2.13. The second-order valence-corrected chi connectivity index (χ2v) is 3.59. The largest absolute Gasteiger partial charge is 0.330 e. The fourth-order valence-corrected chi connectivity index (χ4v) is 1.64. The van der Waals surface area contributed by atoms with Crippen LogP contribution < -0.4 is 5.73 Å². The Balaban J connectivity index is 3.73. The first-order valence-electron chi connectivity index (χ1n) is 5.49. The summed E-state index contributed by atoms with van der Waals surface area (Å²) in [6, 6.07) is 0. The molecule has 0 saturated heterocycles. The average Bonchev–Trinajstić information content (AvgIpc) is 2.16. The van der Waals surface area contributed by atoms with Crippen molar-refractivity contribution in [2.45, 2.75) is 52.4 Å². The zero-order valence-electron chi connectivity index (χ0n) is 9.01. The molecule has 78 valence electrons. The van der Waals surface area contributed by atoms with Crippen molar-refractivity contribution in [2.24, 2.45) is 11.7 Å². The predicted molar refractivity (Wildman–Crippen MR) is 56.6 cm³/mol. The Bertz CT molecular complexity index is 134. The molecule has 2 nitrogen and oxygen atoms in total. The third kappa shape index (κ3) is 5.81. The molecule has 0 radical (unpaired) electrons. The van der Waals surface area contributed by atoms with Crippen molar-refractivity contribution in [3.05, 3.63) is 0 Å². The van der Waals surface area contributed by atoms with E-state index in [1.807, 2.05) is 6.92 Å². The highest BCUT2D eigenvalue weighted by Crippen LogP contribution is 2.17. The van der Waals surface area contributed by atoms with Crippen molar-refractivity contribution >= 4 is 5.78 Å². The highest BCUT2D eigenvalue weighted by Gasteiger charge is 2.14. The third-order valence-corrected chi connectivity index (χ3v) is 2.45. The van der Waals surface area contributed by atoms with Gasteiger partial charge in [0.2, 0.25) is 0 Å². The van der Waals surface area contributed by atoms with Gasteiger partial charge in [-0.1, -0.05) is 26.7 Å². The van der Waals surface area contributed by atoms with E-state index in [0.717, 1.165) is 38.6 Å². The number of hydrogen-bond acceptors (Lipinski definition) is 2. The van der Waals surface area contributed by atoms with Crippen LogP contribution >= 0.6 is 0 Å². The number of nitrogens with two attached hydrogens (primary N) is 1. The Morgan fingerprint density at radius 1 is 1.23 bits per heavy atom. The van der Waals surface area contributed by atoms with Crippen molar-refractivity contribution in [1.29, 1.82) is 0 Å². The van der Waals surface area contributed by atoms with Crippen molar-refractivity contribution in [1.82, 2.24) is 0 Å². The molecule has 0 aromatic carbocycles. The van der Waals surface area contributed by atoms with E-state index in [9.17, 15) is 4.79 Å². The normalized spacial score (nSPS) is 12.8. The van der Waals surface area contributed by atoms with Gasteiger partial charge in [0.15, 0.2) is 0 Å². The first kappa shape index (κ1) is 12.6. The zero-order valence-corrected chi connectivity index (χ0v) is 9.01. The van der Waals surface area contributed by atoms with Crippen molar-refractivity contribution < 1.29 is 4.79 Å². The number of Topliss-reactive ketones (excluding diaryl/α,β-unsaturated/α-hetero) is 1. The minimum absolute atomic E-state index is 0.307. The Morgan fingerprint density at radius 3 is 2.38 bits per heavy atom. The van der Waals surface area contributed by atoms with Crippen LogP contribution in [0.3, 0.4) is 0 Å². The predicted octanol–water partition coefficient (Wildman–Crippen LogP) is 2.51. The van der Waals surface area contributed by atoms with Gasteiger partial charge >= 0.3 is 0 Å². The molecule has 0 amide bonds. The highest BCUT2D eigenvalue weighted by atomic mass is 16.1. The maximum absolute atomic E-state index is 11.5. The third-order valence-electron chi connectivity index (χ3n) is 2.45. The fourth-order valence-electron chi connectivity index (χ4n) is 1.64. The van der Waals surface area contributed by atoms with E-state index in [4.69, 9.17) is 5.73 Å². The topological polar surface area (TPSA) is 43.1 Å². The summed E-state index contributed by atoms with van der Waals surface area (Å²) in [5, 5.41) is 0. The summed E-state index contributed by atoms with van der Waals surface area (Å²) in [7, 11) is 0. The lowest BCUT2D eigenvalue weighted by Gasteiger charge is -2.13. The molecule has 0 aromatic rings. The molecule has 1 unspecified atom stereocenters. The summed E-state index contributed by atoms with van der Waals surface area (Å²) >= 11 is 0. The van der Waals surface area contributed by atoms with E-state index in [0.29, 0.717) is 18.1 Å². The van der Waals surface area contributed by atoms with Crippen LogP contribution in [-0.4, -0.2) is 12.3 Å². The van der Waals surface area contributed by atoms with Crippen LogP contribution in [-0.2, 0) is 4.79 Å². The van der Waals surface area contributed by atoms with Crippen molar-refractivity contribution in [2.75, 3.05) is 6.54 Å². The molecule has 0 heterocycles. The van der Waals surface area contributed by atoms with Gasteiger partial charge in [-0.2, -0.15) is 0 Å². The highest BCUT2D eigenvalue weighted by molar-refractivity contribution is 5.80. The zero-order chi connectivity index (χ0) is 10.1. The summed E-state index contributed by atoms with van der Waals surface area (Å²) in [5.74, 6) is 0.737. The maximum Gasteiger partial charge on any atom is 0.135 e. The van der Waals surface area contributed by atoms with E-state index in [2.05, 4.69) is 6.92 Å². The second kappa shape index (κ2) is 8.24. The van der Waals surface area contributed by atoms with Crippen LogP contribution in [0.25, 0.3) is 0 Å². The molecule has 0 saturated carbocycles. The van der Waals surface area contributed by atoms with Crippen LogP contribution in [0.2, 0.25) is 0 Å². The number of carbonyl (C=O) groups excluding carboxylic acids is 1. The Morgan fingerprint density at radius 2 is 1.92 bits per heavy atom. The number of carbonyl (C=O) groups is 1. The van der Waals surface area contributed by atoms with Gasteiger partial charge in [0, 0.05) is 12.3 Å². The van der Waals surface area contributed by atoms with Crippen LogP contribution in [0.1, 0.15) is 52.4 Å². The first-order valence-corrected chi connectivity index (χ1v) is 5.49. The summed E-state index contributed by atoms with van der Waals surface area (Å²) in [6.07, 6.45) is 6.05. The molecule has 13 heavy (non-hydrogen) atoms. The average molecular weight is 185 g/mol. The molecule has 0 fully saturated rings. The number of unbranched alkanes of at least 4 members (excludes halogenated alkanes) is 1. The number of rotatable bonds is 8. The molecule has 0 aromatic heterocycles. The van der Waals surface area contributed by atoms with Crippen molar-refractivity contribution in [3.63, 3.8) is 0 Å². The van der Waals surface area contributed by atoms with Gasteiger partial charge in [0.25, 0.3) is 0 Å². The van der Waals surface area contributed by atoms with Crippen molar-refractivity contribution in [3.8, 4) is 0 Å². The summed E-state index contributed by atoms with van der Waals surface area (Å²) < 4.78 is 0. The minimum atomic E-state index is 0.307. The van der Waals surface area contributed by atoms with Gasteiger partial charge in [0.1, 0.15) is 5.78 Å². The summed E-state index contributed by atoms with van der Waals surface area (Å²) in [5.41, 5.74) is 5.41. The van der Waals surface area contributed by atoms with Gasteiger partial charge in [-0.25, -0.2) is 0 Å². The minimum Gasteiger partial charge on any atom is -0.330 e. The van der Waals surface area contributed by atoms with E-state index < -0.39 is 0 Å². The molecular formula is C11H23NO. The van der Waals surface area contributed by atoms with Crippen LogP contribution in [0.15, 0.2) is 0 Å². The molecule has 0 aliphatic carbocycles. The quantitative estimate of drug-likeness (QED) is 0.590. The van der Waals surface area contributed by atoms with Crippen LogP contribution in [0.5, 0.6) is 0 Å². The van der Waals surface area contributed by atoms with Gasteiger partial charge in [-0.3, -0.25) is 4.79 Å². The van der Waals surface area contributed by atoms with Gasteiger partial charge in [-0.05, 0) is 25.8 Å². The molecule has 0 aliphatic rings. The molecule has 2 heteroatoms. The first-order chi connectivity index (χ1) is 6.26. The molecule has 0 spiro atoms. The van der Waals surface area contributed by atoms with Crippen LogP contribution in [0, 0.1) is 5.92 Å². The van der Waals surface area contributed by atoms with E-state index in [1.165, 1.54) is 0 Å². The lowest BCUT2D eigenvalue weighted by atomic mass is 9.91. The maximum atomic E-state index is 11.5. The van der Waals surface area contributed by atoms with Gasteiger partial charge in [-0.15, -0.1) is 0 Å². The van der Waals surface area contributed by atoms with Gasteiger partial charge in [0.05, 0.1) is 0 Å². The SMILES string of the molecule is CCCC(CCCCN)C(=O)CC. The van der Waals surface area contributed by atoms with E-state index in [-0.39, 0.29) is 0 Å². The Kier molecular flexibility index (Phi) is 8.00. The molecular weight excluding hydrogens is 162 g/mol. The molecule has 0 bridgehead atoms. The monoisotopic (exact) mass is 185 g/mol. The van der Waals surface area contributed by atoms with E-state index >= 15 is 0 Å². The summed E-state index contributed by atoms with van der Waals surface area (Å²) in [4.78, 5) is 11.5. The molecule has 2 N–H and O–H groups in total. The molecule has 1 atom stereocenters. The van der Waals surface area contributed by atoms with Gasteiger partial charge < -0.3 is 5.73 Å².